The lowest BCUT2D eigenvalue weighted by atomic mass is 9.92. The van der Waals surface area contributed by atoms with Crippen molar-refractivity contribution in [1.29, 1.82) is 0 Å². The van der Waals surface area contributed by atoms with Crippen LogP contribution in [0.4, 0.5) is 5.69 Å². The van der Waals surface area contributed by atoms with Crippen molar-refractivity contribution in [2.75, 3.05) is 26.0 Å². The van der Waals surface area contributed by atoms with Crippen LogP contribution in [0, 0.1) is 6.92 Å². The standard InChI is InChI=1S/C27H28N6O2/c1-15-9-18(10-19-14-33(4)8-7-20(15)19)24-13-30-26-25(32-24)22(12-29-26)17-5-6-21(27(35)28-3)23(11-17)31-16(2)34/h5-6,9-13H,7-8,14H2,1-4H3,(H,28,35)(H,29,30)(H,31,34). The molecule has 8 heteroatoms. The van der Waals surface area contributed by atoms with E-state index in [1.807, 2.05) is 12.3 Å². The van der Waals surface area contributed by atoms with Crippen molar-refractivity contribution in [3.05, 3.63) is 65.0 Å². The number of fused-ring (bicyclic) bond motifs is 2. The number of carbonyl (C=O) groups is 2. The summed E-state index contributed by atoms with van der Waals surface area (Å²) in [6, 6.07) is 9.78. The quantitative estimate of drug-likeness (QED) is 0.421. The zero-order valence-electron chi connectivity index (χ0n) is 20.3. The summed E-state index contributed by atoms with van der Waals surface area (Å²) in [4.78, 5) is 39.2. The summed E-state index contributed by atoms with van der Waals surface area (Å²) in [6.45, 7) is 5.59. The molecule has 2 aromatic carbocycles. The van der Waals surface area contributed by atoms with Crippen molar-refractivity contribution in [1.82, 2.24) is 25.2 Å². The van der Waals surface area contributed by atoms with Gasteiger partial charge in [0.2, 0.25) is 5.91 Å². The molecule has 0 aliphatic carbocycles. The van der Waals surface area contributed by atoms with Crippen molar-refractivity contribution < 1.29 is 9.59 Å². The number of rotatable bonds is 4. The fraction of sp³-hybridized carbons (Fsp3) is 0.259. The number of aromatic nitrogens is 3. The lowest BCUT2D eigenvalue weighted by Crippen LogP contribution is -2.27. The molecule has 3 N–H and O–H groups in total. The average molecular weight is 469 g/mol. The third kappa shape index (κ3) is 4.28. The SMILES string of the molecule is CNC(=O)c1ccc(-c2c[nH]c3ncc(-c4cc(C)c5c(c4)CN(C)CC5)nc23)cc1NC(C)=O. The Balaban J connectivity index is 1.59. The average Bonchev–Trinajstić information content (AvgIpc) is 3.26. The van der Waals surface area contributed by atoms with Gasteiger partial charge in [0, 0.05) is 44.4 Å². The first kappa shape index (κ1) is 22.7. The molecule has 0 spiro atoms. The maximum absolute atomic E-state index is 12.3. The summed E-state index contributed by atoms with van der Waals surface area (Å²) in [5.74, 6) is -0.517. The second kappa shape index (κ2) is 8.96. The van der Waals surface area contributed by atoms with Gasteiger partial charge in [0.15, 0.2) is 5.65 Å². The molecule has 0 bridgehead atoms. The Labute approximate surface area is 203 Å². The smallest absolute Gasteiger partial charge is 0.253 e. The predicted octanol–water partition coefficient (Wildman–Crippen LogP) is 3.91. The van der Waals surface area contributed by atoms with Gasteiger partial charge in [0.1, 0.15) is 5.52 Å². The van der Waals surface area contributed by atoms with Crippen LogP contribution in [0.2, 0.25) is 0 Å². The van der Waals surface area contributed by atoms with Gasteiger partial charge in [-0.3, -0.25) is 9.59 Å². The number of carbonyl (C=O) groups excluding carboxylic acids is 2. The van der Waals surface area contributed by atoms with Crippen LogP contribution in [0.3, 0.4) is 0 Å². The van der Waals surface area contributed by atoms with Gasteiger partial charge in [0.05, 0.1) is 23.1 Å². The minimum Gasteiger partial charge on any atom is -0.355 e. The van der Waals surface area contributed by atoms with Crippen LogP contribution in [-0.4, -0.2) is 52.3 Å². The zero-order chi connectivity index (χ0) is 24.7. The molecule has 1 aliphatic heterocycles. The lowest BCUT2D eigenvalue weighted by Gasteiger charge is -2.27. The van der Waals surface area contributed by atoms with Gasteiger partial charge in [-0.2, -0.15) is 0 Å². The van der Waals surface area contributed by atoms with E-state index in [0.717, 1.165) is 47.4 Å². The number of anilines is 1. The molecule has 0 radical (unpaired) electrons. The van der Waals surface area contributed by atoms with Gasteiger partial charge in [-0.25, -0.2) is 9.97 Å². The Morgan fingerprint density at radius 2 is 1.97 bits per heavy atom. The Hall–Kier alpha value is -4.04. The van der Waals surface area contributed by atoms with E-state index in [1.165, 1.54) is 23.6 Å². The number of nitrogens with one attached hydrogen (secondary N) is 3. The van der Waals surface area contributed by atoms with Crippen molar-refractivity contribution in [3.8, 4) is 22.4 Å². The molecule has 0 atom stereocenters. The molecular formula is C27H28N6O2. The van der Waals surface area contributed by atoms with E-state index in [2.05, 4.69) is 51.6 Å². The highest BCUT2D eigenvalue weighted by molar-refractivity contribution is 6.05. The van der Waals surface area contributed by atoms with Gasteiger partial charge < -0.3 is 20.5 Å². The van der Waals surface area contributed by atoms with Crippen molar-refractivity contribution in [3.63, 3.8) is 0 Å². The first-order valence-corrected chi connectivity index (χ1v) is 11.6. The highest BCUT2D eigenvalue weighted by Crippen LogP contribution is 2.33. The summed E-state index contributed by atoms with van der Waals surface area (Å²) < 4.78 is 0. The van der Waals surface area contributed by atoms with E-state index in [0.29, 0.717) is 16.9 Å². The van der Waals surface area contributed by atoms with Crippen LogP contribution in [-0.2, 0) is 17.8 Å². The number of aryl methyl sites for hydroxylation is 1. The lowest BCUT2D eigenvalue weighted by molar-refractivity contribution is -0.114. The third-order valence-corrected chi connectivity index (χ3v) is 6.54. The molecule has 5 rings (SSSR count). The second-order valence-electron chi connectivity index (χ2n) is 9.09. The Morgan fingerprint density at radius 1 is 1.14 bits per heavy atom. The first-order chi connectivity index (χ1) is 16.8. The van der Waals surface area contributed by atoms with Gasteiger partial charge in [-0.15, -0.1) is 0 Å². The molecule has 35 heavy (non-hydrogen) atoms. The van der Waals surface area contributed by atoms with Gasteiger partial charge in [0.25, 0.3) is 5.91 Å². The number of amides is 2. The van der Waals surface area contributed by atoms with Crippen molar-refractivity contribution in [2.45, 2.75) is 26.8 Å². The number of likely N-dealkylation sites (N-methyl/N-ethyl adjacent to an activating group) is 1. The maximum atomic E-state index is 12.3. The summed E-state index contributed by atoms with van der Waals surface area (Å²) in [5, 5.41) is 5.38. The molecule has 3 heterocycles. The molecule has 0 saturated carbocycles. The Morgan fingerprint density at radius 3 is 2.74 bits per heavy atom. The molecule has 0 fully saturated rings. The number of benzene rings is 2. The minimum atomic E-state index is -0.269. The van der Waals surface area contributed by atoms with Gasteiger partial charge in [-0.1, -0.05) is 6.07 Å². The van der Waals surface area contributed by atoms with E-state index in [-0.39, 0.29) is 11.8 Å². The number of H-pyrrole nitrogens is 1. The van der Waals surface area contributed by atoms with Crippen LogP contribution >= 0.6 is 0 Å². The fourth-order valence-electron chi connectivity index (χ4n) is 4.80. The zero-order valence-corrected chi connectivity index (χ0v) is 20.3. The first-order valence-electron chi connectivity index (χ1n) is 11.6. The maximum Gasteiger partial charge on any atom is 0.253 e. The molecule has 4 aromatic rings. The third-order valence-electron chi connectivity index (χ3n) is 6.54. The highest BCUT2D eigenvalue weighted by atomic mass is 16.2. The molecule has 0 unspecified atom stereocenters. The van der Waals surface area contributed by atoms with E-state index in [4.69, 9.17) is 4.98 Å². The molecular weight excluding hydrogens is 440 g/mol. The number of hydrogen-bond acceptors (Lipinski definition) is 5. The molecule has 178 valence electrons. The van der Waals surface area contributed by atoms with Crippen LogP contribution in [0.25, 0.3) is 33.5 Å². The topological polar surface area (TPSA) is 103 Å². The fourth-order valence-corrected chi connectivity index (χ4v) is 4.80. The monoisotopic (exact) mass is 468 g/mol. The summed E-state index contributed by atoms with van der Waals surface area (Å²) in [7, 11) is 3.71. The molecule has 8 nitrogen and oxygen atoms in total. The minimum absolute atomic E-state index is 0.248. The van der Waals surface area contributed by atoms with Crippen LogP contribution in [0.1, 0.15) is 34.0 Å². The van der Waals surface area contributed by atoms with E-state index < -0.39 is 0 Å². The van der Waals surface area contributed by atoms with E-state index >= 15 is 0 Å². The largest absolute Gasteiger partial charge is 0.355 e. The molecule has 0 saturated heterocycles. The van der Waals surface area contributed by atoms with E-state index in [9.17, 15) is 9.59 Å². The summed E-state index contributed by atoms with van der Waals surface area (Å²) in [6.07, 6.45) is 4.72. The summed E-state index contributed by atoms with van der Waals surface area (Å²) in [5.41, 5.74) is 9.83. The normalized spacial score (nSPS) is 13.5. The van der Waals surface area contributed by atoms with Crippen LogP contribution in [0.15, 0.2) is 42.7 Å². The molecule has 1 aliphatic rings. The number of nitrogens with zero attached hydrogens (tertiary/aromatic N) is 3. The van der Waals surface area contributed by atoms with E-state index in [1.54, 1.807) is 25.4 Å². The van der Waals surface area contributed by atoms with Crippen molar-refractivity contribution >= 4 is 28.7 Å². The van der Waals surface area contributed by atoms with Crippen LogP contribution < -0.4 is 10.6 Å². The van der Waals surface area contributed by atoms with Crippen molar-refractivity contribution in [2.24, 2.45) is 0 Å². The number of hydrogen-bond donors (Lipinski definition) is 3. The Bertz CT molecular complexity index is 1470. The van der Waals surface area contributed by atoms with Gasteiger partial charge >= 0.3 is 0 Å². The summed E-state index contributed by atoms with van der Waals surface area (Å²) >= 11 is 0. The molecule has 2 aromatic heterocycles. The second-order valence-corrected chi connectivity index (χ2v) is 9.09. The Kier molecular flexibility index (Phi) is 5.82. The molecule has 2 amide bonds. The predicted molar refractivity (Wildman–Crippen MR) is 137 cm³/mol. The van der Waals surface area contributed by atoms with Crippen LogP contribution in [0.5, 0.6) is 0 Å². The highest BCUT2D eigenvalue weighted by Gasteiger charge is 2.19. The number of aromatic amines is 1. The van der Waals surface area contributed by atoms with Gasteiger partial charge in [-0.05, 0) is 66.9 Å².